The number of halogens is 2. The Bertz CT molecular complexity index is 724. The fourth-order valence-electron chi connectivity index (χ4n) is 2.57. The van der Waals surface area contributed by atoms with Crippen molar-refractivity contribution in [2.45, 2.75) is 11.8 Å². The van der Waals surface area contributed by atoms with Crippen LogP contribution in [0.1, 0.15) is 6.92 Å². The van der Waals surface area contributed by atoms with Crippen molar-refractivity contribution < 1.29 is 17.9 Å². The van der Waals surface area contributed by atoms with Gasteiger partial charge in [-0.1, -0.05) is 30.1 Å². The highest BCUT2D eigenvalue weighted by atomic mass is 35.5. The number of carbonyl (C=O) groups excluding carboxylic acids is 1. The van der Waals surface area contributed by atoms with Gasteiger partial charge in [0, 0.05) is 37.7 Å². The number of nitrogens with zero attached hydrogens (tertiary/aromatic N) is 2. The second kappa shape index (κ2) is 9.87. The van der Waals surface area contributed by atoms with E-state index in [9.17, 15) is 13.2 Å². The predicted octanol–water partition coefficient (Wildman–Crippen LogP) is 1.45. The van der Waals surface area contributed by atoms with Crippen LogP contribution in [0.2, 0.25) is 10.0 Å². The summed E-state index contributed by atoms with van der Waals surface area (Å²) in [6.07, 6.45) is 0. The van der Waals surface area contributed by atoms with Gasteiger partial charge in [0.15, 0.2) is 0 Å². The quantitative estimate of drug-likeness (QED) is 0.684. The lowest BCUT2D eigenvalue weighted by Gasteiger charge is -2.26. The van der Waals surface area contributed by atoms with Crippen LogP contribution in [0.15, 0.2) is 23.1 Å². The van der Waals surface area contributed by atoms with Crippen molar-refractivity contribution in [3.63, 3.8) is 0 Å². The molecule has 0 unspecified atom stereocenters. The van der Waals surface area contributed by atoms with Crippen molar-refractivity contribution in [3.8, 4) is 0 Å². The molecule has 0 saturated carbocycles. The maximum absolute atomic E-state index is 12.8. The van der Waals surface area contributed by atoms with E-state index in [0.717, 1.165) is 17.4 Å². The summed E-state index contributed by atoms with van der Waals surface area (Å²) in [7, 11) is -3.92. The lowest BCUT2D eigenvalue weighted by molar-refractivity contribution is -0.121. The van der Waals surface area contributed by atoms with Crippen LogP contribution in [-0.2, 0) is 19.6 Å². The Morgan fingerprint density at radius 3 is 2.65 bits per heavy atom. The molecule has 1 aliphatic rings. The fraction of sp³-hybridized carbons (Fsp3) is 0.562. The molecule has 10 heteroatoms. The Labute approximate surface area is 164 Å². The summed E-state index contributed by atoms with van der Waals surface area (Å²) in [5.74, 6) is -0.359. The predicted molar refractivity (Wildman–Crippen MR) is 101 cm³/mol. The smallest absolute Gasteiger partial charge is 0.245 e. The van der Waals surface area contributed by atoms with Crippen molar-refractivity contribution in [2.24, 2.45) is 0 Å². The molecule has 1 fully saturated rings. The van der Waals surface area contributed by atoms with Crippen molar-refractivity contribution in [3.05, 3.63) is 28.2 Å². The molecular weight excluding hydrogens is 401 g/mol. The normalized spacial score (nSPS) is 16.0. The van der Waals surface area contributed by atoms with E-state index in [1.807, 2.05) is 0 Å². The molecule has 1 aromatic carbocycles. The van der Waals surface area contributed by atoms with Crippen LogP contribution in [0, 0.1) is 0 Å². The Hall–Kier alpha value is -0.900. The molecule has 1 saturated heterocycles. The summed E-state index contributed by atoms with van der Waals surface area (Å²) in [5.41, 5.74) is 0. The number of benzene rings is 1. The zero-order valence-corrected chi connectivity index (χ0v) is 16.9. The average Bonchev–Trinajstić information content (AvgIpc) is 2.62. The largest absolute Gasteiger partial charge is 0.379 e. The van der Waals surface area contributed by atoms with E-state index in [2.05, 4.69) is 10.2 Å². The van der Waals surface area contributed by atoms with Crippen LogP contribution in [0.25, 0.3) is 0 Å². The molecule has 0 radical (unpaired) electrons. The van der Waals surface area contributed by atoms with Gasteiger partial charge in [-0.05, 0) is 18.2 Å². The molecule has 7 nitrogen and oxygen atoms in total. The molecule has 146 valence electrons. The second-order valence-electron chi connectivity index (χ2n) is 5.81. The molecule has 1 amide bonds. The third-order valence-corrected chi connectivity index (χ3v) is 6.68. The Morgan fingerprint density at radius 1 is 1.31 bits per heavy atom. The Balaban J connectivity index is 1.94. The van der Waals surface area contributed by atoms with Crippen LogP contribution in [-0.4, -0.2) is 76.0 Å². The Kier molecular flexibility index (Phi) is 8.12. The molecule has 0 spiro atoms. The van der Waals surface area contributed by atoms with E-state index < -0.39 is 10.0 Å². The van der Waals surface area contributed by atoms with Crippen molar-refractivity contribution in [2.75, 3.05) is 52.5 Å². The van der Waals surface area contributed by atoms with Gasteiger partial charge in [-0.15, -0.1) is 0 Å². The van der Waals surface area contributed by atoms with E-state index in [1.54, 1.807) is 6.92 Å². The lowest BCUT2D eigenvalue weighted by Crippen LogP contribution is -2.44. The third-order valence-electron chi connectivity index (χ3n) is 4.04. The standard InChI is InChI=1S/C16H23Cl2N3O4S/c1-2-21(26(23,24)15-11-13(17)3-4-14(15)18)12-16(22)19-5-6-20-7-9-25-10-8-20/h3-4,11H,2,5-10,12H2,1H3,(H,19,22). The molecule has 1 heterocycles. The van der Waals surface area contributed by atoms with Gasteiger partial charge < -0.3 is 10.1 Å². The first kappa shape index (κ1) is 21.4. The minimum Gasteiger partial charge on any atom is -0.379 e. The molecule has 1 aromatic rings. The first-order chi connectivity index (χ1) is 12.3. The maximum atomic E-state index is 12.8. The first-order valence-corrected chi connectivity index (χ1v) is 10.6. The summed E-state index contributed by atoms with van der Waals surface area (Å²) >= 11 is 11.9. The van der Waals surface area contributed by atoms with Gasteiger partial charge in [-0.3, -0.25) is 9.69 Å². The number of morpholine rings is 1. The maximum Gasteiger partial charge on any atom is 0.245 e. The van der Waals surface area contributed by atoms with Crippen LogP contribution in [0.4, 0.5) is 0 Å². The minimum atomic E-state index is -3.92. The number of hydrogen-bond acceptors (Lipinski definition) is 5. The van der Waals surface area contributed by atoms with Crippen molar-refractivity contribution >= 4 is 39.1 Å². The summed E-state index contributed by atoms with van der Waals surface area (Å²) in [6.45, 7) is 5.73. The van der Waals surface area contributed by atoms with E-state index in [1.165, 1.54) is 18.2 Å². The summed E-state index contributed by atoms with van der Waals surface area (Å²) in [6, 6.07) is 4.22. The zero-order chi connectivity index (χ0) is 19.2. The minimum absolute atomic E-state index is 0.0700. The molecule has 0 aliphatic carbocycles. The first-order valence-electron chi connectivity index (χ1n) is 8.36. The van der Waals surface area contributed by atoms with Crippen LogP contribution < -0.4 is 5.32 Å². The molecule has 2 rings (SSSR count). The van der Waals surface area contributed by atoms with Crippen molar-refractivity contribution in [1.82, 2.24) is 14.5 Å². The monoisotopic (exact) mass is 423 g/mol. The van der Waals surface area contributed by atoms with Gasteiger partial charge >= 0.3 is 0 Å². The van der Waals surface area contributed by atoms with Gasteiger partial charge in [-0.25, -0.2) is 8.42 Å². The summed E-state index contributed by atoms with van der Waals surface area (Å²) in [4.78, 5) is 14.2. The number of carbonyl (C=O) groups is 1. The van der Waals surface area contributed by atoms with Crippen LogP contribution in [0.5, 0.6) is 0 Å². The number of amides is 1. The summed E-state index contributed by atoms with van der Waals surface area (Å²) in [5, 5.41) is 3.09. The molecular formula is C16H23Cl2N3O4S. The van der Waals surface area contributed by atoms with Crippen molar-refractivity contribution in [1.29, 1.82) is 0 Å². The van der Waals surface area contributed by atoms with E-state index in [-0.39, 0.29) is 33.9 Å². The van der Waals surface area contributed by atoms with Gasteiger partial charge in [0.1, 0.15) is 4.90 Å². The van der Waals surface area contributed by atoms with Gasteiger partial charge in [0.25, 0.3) is 0 Å². The highest BCUT2D eigenvalue weighted by Crippen LogP contribution is 2.27. The number of rotatable bonds is 8. The summed E-state index contributed by atoms with van der Waals surface area (Å²) < 4.78 is 31.9. The van der Waals surface area contributed by atoms with Gasteiger partial charge in [0.2, 0.25) is 15.9 Å². The molecule has 26 heavy (non-hydrogen) atoms. The molecule has 1 N–H and O–H groups in total. The molecule has 0 bridgehead atoms. The fourth-order valence-corrected chi connectivity index (χ4v) is 4.72. The molecule has 0 aromatic heterocycles. The highest BCUT2D eigenvalue weighted by Gasteiger charge is 2.27. The van der Waals surface area contributed by atoms with E-state index in [0.29, 0.717) is 26.3 Å². The lowest BCUT2D eigenvalue weighted by atomic mass is 10.4. The number of nitrogens with one attached hydrogen (secondary N) is 1. The third kappa shape index (κ3) is 5.80. The van der Waals surface area contributed by atoms with Crippen LogP contribution >= 0.6 is 23.2 Å². The Morgan fingerprint density at radius 2 is 2.00 bits per heavy atom. The van der Waals surface area contributed by atoms with Gasteiger partial charge in [0.05, 0.1) is 24.8 Å². The number of sulfonamides is 1. The number of likely N-dealkylation sites (N-methyl/N-ethyl adjacent to an activating group) is 1. The molecule has 0 atom stereocenters. The second-order valence-corrected chi connectivity index (χ2v) is 8.56. The molecule has 1 aliphatic heterocycles. The topological polar surface area (TPSA) is 79.0 Å². The number of hydrogen-bond donors (Lipinski definition) is 1. The van der Waals surface area contributed by atoms with E-state index in [4.69, 9.17) is 27.9 Å². The SMILES string of the molecule is CCN(CC(=O)NCCN1CCOCC1)S(=O)(=O)c1cc(Cl)ccc1Cl. The van der Waals surface area contributed by atoms with E-state index >= 15 is 0 Å². The average molecular weight is 424 g/mol. The zero-order valence-electron chi connectivity index (χ0n) is 14.6. The number of ether oxygens (including phenoxy) is 1. The van der Waals surface area contributed by atoms with Crippen LogP contribution in [0.3, 0.4) is 0 Å². The van der Waals surface area contributed by atoms with Gasteiger partial charge in [-0.2, -0.15) is 4.31 Å². The highest BCUT2D eigenvalue weighted by molar-refractivity contribution is 7.89.